The van der Waals surface area contributed by atoms with E-state index in [-0.39, 0.29) is 29.6 Å². The van der Waals surface area contributed by atoms with Crippen molar-refractivity contribution in [3.05, 3.63) is 59.2 Å². The second-order valence-electron chi connectivity index (χ2n) is 6.70. The number of phenolic OH excluding ortho intramolecular Hbond substituents is 2. The van der Waals surface area contributed by atoms with Crippen molar-refractivity contribution in [1.82, 2.24) is 0 Å². The van der Waals surface area contributed by atoms with Gasteiger partial charge in [-0.15, -0.1) is 0 Å². The largest absolute Gasteiger partial charge is 0.504 e. The number of fused-ring (bicyclic) bond motifs is 3. The fourth-order valence-corrected chi connectivity index (χ4v) is 3.89. The highest BCUT2D eigenvalue weighted by molar-refractivity contribution is 5.51. The van der Waals surface area contributed by atoms with Crippen molar-refractivity contribution in [3.8, 4) is 23.0 Å². The van der Waals surface area contributed by atoms with Crippen LogP contribution >= 0.6 is 0 Å². The van der Waals surface area contributed by atoms with Crippen LogP contribution in [0, 0.1) is 0 Å². The number of phenols is 2. The van der Waals surface area contributed by atoms with Crippen LogP contribution < -0.4 is 9.47 Å². The Morgan fingerprint density at radius 3 is 2.50 bits per heavy atom. The molecule has 2 N–H and O–H groups in total. The van der Waals surface area contributed by atoms with Gasteiger partial charge < -0.3 is 24.4 Å². The van der Waals surface area contributed by atoms with Crippen molar-refractivity contribution in [2.45, 2.75) is 31.0 Å². The van der Waals surface area contributed by atoms with Gasteiger partial charge in [0, 0.05) is 5.92 Å². The highest BCUT2D eigenvalue weighted by Gasteiger charge is 2.34. The number of hydrogen-bond acceptors (Lipinski definition) is 5. The fourth-order valence-electron chi connectivity index (χ4n) is 3.89. The van der Waals surface area contributed by atoms with Gasteiger partial charge in [-0.2, -0.15) is 0 Å². The molecule has 5 nitrogen and oxygen atoms in total. The van der Waals surface area contributed by atoms with Gasteiger partial charge in [-0.3, -0.25) is 0 Å². The summed E-state index contributed by atoms with van der Waals surface area (Å²) in [7, 11) is 3.09. The summed E-state index contributed by atoms with van der Waals surface area (Å²) in [5, 5.41) is 19.8. The van der Waals surface area contributed by atoms with Gasteiger partial charge in [0.15, 0.2) is 23.0 Å². The molecule has 0 saturated carbocycles. The molecule has 0 saturated heterocycles. The zero-order chi connectivity index (χ0) is 18.3. The molecule has 0 fully saturated rings. The number of benzene rings is 2. The van der Waals surface area contributed by atoms with Crippen molar-refractivity contribution < 1.29 is 24.4 Å². The van der Waals surface area contributed by atoms with Gasteiger partial charge in [-0.05, 0) is 53.8 Å². The molecule has 1 aliphatic carbocycles. The summed E-state index contributed by atoms with van der Waals surface area (Å²) in [6.07, 6.45) is 5.85. The number of aromatic hydroxyl groups is 2. The minimum atomic E-state index is -0.175. The molecule has 5 heteroatoms. The lowest BCUT2D eigenvalue weighted by molar-refractivity contribution is -0.0140. The first-order valence-electron chi connectivity index (χ1n) is 8.71. The molecule has 3 atom stereocenters. The Balaban J connectivity index is 1.65. The second kappa shape index (κ2) is 6.57. The SMILES string of the molecule is COc1cc([C@@H]2C=C[C@@H]3c4cc(OC)c(O)cc4CC[C@@H]3O2)ccc1O. The van der Waals surface area contributed by atoms with Crippen LogP contribution in [0.2, 0.25) is 0 Å². The Morgan fingerprint density at radius 1 is 0.962 bits per heavy atom. The number of rotatable bonds is 3. The highest BCUT2D eigenvalue weighted by atomic mass is 16.5. The van der Waals surface area contributed by atoms with Gasteiger partial charge in [0.2, 0.25) is 0 Å². The fraction of sp³-hybridized carbons (Fsp3) is 0.333. The average Bonchev–Trinajstić information content (AvgIpc) is 2.67. The summed E-state index contributed by atoms with van der Waals surface area (Å²) in [6.45, 7) is 0. The molecule has 1 aliphatic heterocycles. The van der Waals surface area contributed by atoms with E-state index in [0.717, 1.165) is 29.5 Å². The maximum atomic E-state index is 10.0. The van der Waals surface area contributed by atoms with E-state index in [9.17, 15) is 10.2 Å². The molecule has 0 amide bonds. The van der Waals surface area contributed by atoms with E-state index in [1.807, 2.05) is 24.3 Å². The highest BCUT2D eigenvalue weighted by Crippen LogP contribution is 2.44. The first kappa shape index (κ1) is 16.8. The third-order valence-electron chi connectivity index (χ3n) is 5.25. The Kier molecular flexibility index (Phi) is 4.24. The number of aryl methyl sites for hydroxylation is 1. The van der Waals surface area contributed by atoms with Crippen molar-refractivity contribution in [1.29, 1.82) is 0 Å². The van der Waals surface area contributed by atoms with Crippen molar-refractivity contribution >= 4 is 0 Å². The quantitative estimate of drug-likeness (QED) is 0.820. The molecule has 2 aromatic rings. The number of methoxy groups -OCH3 is 2. The molecule has 136 valence electrons. The van der Waals surface area contributed by atoms with Gasteiger partial charge in [-0.25, -0.2) is 0 Å². The summed E-state index contributed by atoms with van der Waals surface area (Å²) in [5.41, 5.74) is 3.24. The monoisotopic (exact) mass is 354 g/mol. The van der Waals surface area contributed by atoms with E-state index >= 15 is 0 Å². The third-order valence-corrected chi connectivity index (χ3v) is 5.25. The van der Waals surface area contributed by atoms with Crippen LogP contribution in [0.15, 0.2) is 42.5 Å². The Morgan fingerprint density at radius 2 is 1.73 bits per heavy atom. The Hall–Kier alpha value is -2.66. The minimum absolute atomic E-state index is 0.0616. The Bertz CT molecular complexity index is 858. The zero-order valence-corrected chi connectivity index (χ0v) is 14.8. The summed E-state index contributed by atoms with van der Waals surface area (Å²) in [5.74, 6) is 1.37. The lowest BCUT2D eigenvalue weighted by atomic mass is 9.78. The van der Waals surface area contributed by atoms with Gasteiger partial charge in [0.05, 0.1) is 20.3 Å². The number of hydrogen-bond donors (Lipinski definition) is 2. The van der Waals surface area contributed by atoms with Crippen molar-refractivity contribution in [2.24, 2.45) is 0 Å². The lowest BCUT2D eigenvalue weighted by Gasteiger charge is -2.37. The molecule has 0 unspecified atom stereocenters. The molecule has 0 spiro atoms. The van der Waals surface area contributed by atoms with E-state index in [1.165, 1.54) is 7.11 Å². The molecule has 1 heterocycles. The average molecular weight is 354 g/mol. The molecule has 2 aromatic carbocycles. The van der Waals surface area contributed by atoms with Crippen LogP contribution in [0.1, 0.15) is 35.1 Å². The molecule has 2 aliphatic rings. The molecule has 26 heavy (non-hydrogen) atoms. The Labute approximate surface area is 152 Å². The smallest absolute Gasteiger partial charge is 0.160 e. The van der Waals surface area contributed by atoms with Crippen LogP contribution in [-0.2, 0) is 11.2 Å². The van der Waals surface area contributed by atoms with E-state index in [2.05, 4.69) is 6.08 Å². The van der Waals surface area contributed by atoms with Gasteiger partial charge >= 0.3 is 0 Å². The molecular formula is C21H22O5. The van der Waals surface area contributed by atoms with Crippen molar-refractivity contribution in [2.75, 3.05) is 14.2 Å². The van der Waals surface area contributed by atoms with Crippen LogP contribution in [0.3, 0.4) is 0 Å². The topological polar surface area (TPSA) is 68.2 Å². The molecule has 0 bridgehead atoms. The summed E-state index contributed by atoms with van der Waals surface area (Å²) < 4.78 is 16.8. The van der Waals surface area contributed by atoms with Crippen LogP contribution in [0.25, 0.3) is 0 Å². The maximum Gasteiger partial charge on any atom is 0.160 e. The molecule has 0 aromatic heterocycles. The van der Waals surface area contributed by atoms with Crippen LogP contribution in [0.5, 0.6) is 23.0 Å². The molecule has 0 radical (unpaired) electrons. The van der Waals surface area contributed by atoms with Crippen LogP contribution in [0.4, 0.5) is 0 Å². The maximum absolute atomic E-state index is 10.0. The second-order valence-corrected chi connectivity index (χ2v) is 6.70. The minimum Gasteiger partial charge on any atom is -0.504 e. The lowest BCUT2D eigenvalue weighted by Crippen LogP contribution is -2.31. The van der Waals surface area contributed by atoms with Gasteiger partial charge in [0.25, 0.3) is 0 Å². The molecule has 4 rings (SSSR count). The summed E-state index contributed by atoms with van der Waals surface area (Å²) in [6, 6.07) is 9.00. The van der Waals surface area contributed by atoms with E-state index < -0.39 is 0 Å². The van der Waals surface area contributed by atoms with E-state index in [4.69, 9.17) is 14.2 Å². The van der Waals surface area contributed by atoms with E-state index in [0.29, 0.717) is 11.5 Å². The normalized spacial score (nSPS) is 23.8. The van der Waals surface area contributed by atoms with Crippen LogP contribution in [-0.4, -0.2) is 30.5 Å². The van der Waals surface area contributed by atoms with Crippen molar-refractivity contribution in [3.63, 3.8) is 0 Å². The van der Waals surface area contributed by atoms with E-state index in [1.54, 1.807) is 19.2 Å². The summed E-state index contributed by atoms with van der Waals surface area (Å²) in [4.78, 5) is 0. The standard InChI is InChI=1S/C21H22O5/c1-24-20-10-13(3-6-16(20)22)18-8-5-14-15-11-21(25-2)17(23)9-12(15)4-7-19(14)26-18/h3,5-6,8-11,14,18-19,22-23H,4,7H2,1-2H3/t14-,18+,19+/m1/s1. The molecular weight excluding hydrogens is 332 g/mol. The first-order chi connectivity index (χ1) is 12.6. The summed E-state index contributed by atoms with van der Waals surface area (Å²) >= 11 is 0. The predicted octanol–water partition coefficient (Wildman–Crippen LogP) is 3.84. The number of ether oxygens (including phenoxy) is 3. The zero-order valence-electron chi connectivity index (χ0n) is 14.8. The van der Waals surface area contributed by atoms with Gasteiger partial charge in [-0.1, -0.05) is 18.2 Å². The third kappa shape index (κ3) is 2.78. The predicted molar refractivity (Wildman–Crippen MR) is 97.1 cm³/mol. The van der Waals surface area contributed by atoms with Gasteiger partial charge in [0.1, 0.15) is 6.10 Å². The first-order valence-corrected chi connectivity index (χ1v) is 8.71.